The van der Waals surface area contributed by atoms with E-state index in [-0.39, 0.29) is 22.4 Å². The molecule has 2 atom stereocenters. The second-order valence-electron chi connectivity index (χ2n) is 7.22. The Morgan fingerprint density at radius 1 is 1.33 bits per heavy atom. The van der Waals surface area contributed by atoms with Crippen molar-refractivity contribution in [2.75, 3.05) is 18.1 Å². The second kappa shape index (κ2) is 10.5. The van der Waals surface area contributed by atoms with E-state index in [1.54, 1.807) is 36.7 Å². The van der Waals surface area contributed by atoms with Crippen LogP contribution in [0.1, 0.15) is 11.4 Å². The Labute approximate surface area is 210 Å². The number of rotatable bonds is 9. The number of β-lactam (4-membered cyclic amide) rings is 1. The molecule has 2 aliphatic rings. The van der Waals surface area contributed by atoms with E-state index in [1.165, 1.54) is 11.8 Å². The van der Waals surface area contributed by atoms with Gasteiger partial charge in [-0.05, 0) is 17.2 Å². The molecule has 1 fully saturated rings. The predicted octanol–water partition coefficient (Wildman–Crippen LogP) is -0.227. The smallest absolute Gasteiger partial charge is 0.352 e. The number of nitrogen functional groups attached to an aromatic ring is 1. The first kappa shape index (κ1) is 24.8. The summed E-state index contributed by atoms with van der Waals surface area (Å²) in [6.07, 6.45) is 6.54. The molecule has 36 heavy (non-hydrogen) atoms. The van der Waals surface area contributed by atoms with Crippen LogP contribution in [0.2, 0.25) is 0 Å². The van der Waals surface area contributed by atoms with E-state index in [0.29, 0.717) is 5.57 Å². The van der Waals surface area contributed by atoms with Crippen LogP contribution in [-0.2, 0) is 24.0 Å². The monoisotopic (exact) mass is 531 g/mol. The van der Waals surface area contributed by atoms with Crippen LogP contribution in [0.15, 0.2) is 47.0 Å². The van der Waals surface area contributed by atoms with Crippen molar-refractivity contribution in [1.29, 1.82) is 0 Å². The molecule has 2 amide bonds. The van der Waals surface area contributed by atoms with Gasteiger partial charge in [0.1, 0.15) is 17.1 Å². The van der Waals surface area contributed by atoms with E-state index >= 15 is 0 Å². The van der Waals surface area contributed by atoms with E-state index in [0.717, 1.165) is 22.0 Å². The van der Waals surface area contributed by atoms with E-state index in [1.807, 2.05) is 0 Å². The van der Waals surface area contributed by atoms with Gasteiger partial charge in [0.2, 0.25) is 18.1 Å². The molecule has 186 valence electrons. The van der Waals surface area contributed by atoms with Gasteiger partial charge in [-0.2, -0.15) is 9.36 Å². The molecule has 2 aliphatic heterocycles. The third-order valence-corrected chi connectivity index (χ3v) is 6.71. The summed E-state index contributed by atoms with van der Waals surface area (Å²) in [6.45, 7) is -0.826. The van der Waals surface area contributed by atoms with E-state index in [4.69, 9.17) is 10.8 Å². The number of nitrogens with two attached hydrogens (primary N) is 1. The lowest BCUT2D eigenvalue weighted by Gasteiger charge is -2.49. The summed E-state index contributed by atoms with van der Waals surface area (Å²) in [5, 5.41) is 23.8. The van der Waals surface area contributed by atoms with Gasteiger partial charge in [0, 0.05) is 29.7 Å². The van der Waals surface area contributed by atoms with Crippen LogP contribution in [0.5, 0.6) is 0 Å². The molecule has 0 spiro atoms. The largest absolute Gasteiger partial charge is 0.479 e. The average molecular weight is 532 g/mol. The molecule has 2 aromatic rings. The van der Waals surface area contributed by atoms with E-state index in [9.17, 15) is 24.3 Å². The maximum Gasteiger partial charge on any atom is 0.352 e. The lowest BCUT2D eigenvalue weighted by molar-refractivity contribution is -0.150. The molecular formula is C20H17N7O7S2. The predicted molar refractivity (Wildman–Crippen MR) is 127 cm³/mol. The minimum absolute atomic E-state index is 0.0283. The number of carboxylic acid groups (broad SMARTS) is 2. The minimum Gasteiger partial charge on any atom is -0.479 e. The number of hydrogen-bond acceptors (Lipinski definition) is 12. The number of aromatic nitrogens is 3. The number of pyridine rings is 1. The Bertz CT molecular complexity index is 1310. The zero-order chi connectivity index (χ0) is 25.8. The fourth-order valence-corrected chi connectivity index (χ4v) is 5.07. The highest BCUT2D eigenvalue weighted by atomic mass is 32.2. The summed E-state index contributed by atoms with van der Waals surface area (Å²) in [4.78, 5) is 62.1. The zero-order valence-corrected chi connectivity index (χ0v) is 19.7. The molecule has 0 aromatic carbocycles. The fraction of sp³-hybridized carbons (Fsp3) is 0.200. The molecule has 14 nitrogen and oxygen atoms in total. The number of carbonyl (C=O) groups excluding carboxylic acids is 2. The van der Waals surface area contributed by atoms with Crippen molar-refractivity contribution < 1.29 is 34.2 Å². The van der Waals surface area contributed by atoms with Gasteiger partial charge >= 0.3 is 11.9 Å². The van der Waals surface area contributed by atoms with Gasteiger partial charge in [-0.25, -0.2) is 9.59 Å². The molecular weight excluding hydrogens is 514 g/mol. The van der Waals surface area contributed by atoms with Crippen LogP contribution in [0, 0.1) is 0 Å². The van der Waals surface area contributed by atoms with Crippen LogP contribution < -0.4 is 11.1 Å². The molecule has 0 radical (unpaired) electrons. The summed E-state index contributed by atoms with van der Waals surface area (Å²) in [5.74, 6) is -4.10. The first-order chi connectivity index (χ1) is 17.3. The fourth-order valence-electron chi connectivity index (χ4n) is 3.32. The van der Waals surface area contributed by atoms with E-state index < -0.39 is 47.5 Å². The van der Waals surface area contributed by atoms with Crippen LogP contribution in [-0.4, -0.2) is 82.7 Å². The number of thioether (sulfide) groups is 1. The van der Waals surface area contributed by atoms with Gasteiger partial charge < -0.3 is 26.1 Å². The van der Waals surface area contributed by atoms with Crippen LogP contribution in [0.4, 0.5) is 5.13 Å². The highest BCUT2D eigenvalue weighted by Gasteiger charge is 2.54. The maximum atomic E-state index is 12.9. The van der Waals surface area contributed by atoms with Crippen LogP contribution in [0.3, 0.4) is 0 Å². The van der Waals surface area contributed by atoms with Crippen molar-refractivity contribution in [2.45, 2.75) is 11.4 Å². The number of nitrogens with one attached hydrogen (secondary N) is 1. The minimum atomic E-state index is -1.32. The Kier molecular flexibility index (Phi) is 7.25. The SMILES string of the molecule is Nc1nc(/C(=N\OCC(=O)O)C(=O)NC2C(=O)N3C(C(=O)O)=C(/C=C/c4cccnc4)CS[C@H]23)ns1. The van der Waals surface area contributed by atoms with Crippen molar-refractivity contribution in [3.05, 3.63) is 53.3 Å². The lowest BCUT2D eigenvalue weighted by atomic mass is 10.0. The van der Waals surface area contributed by atoms with Gasteiger partial charge in [-0.3, -0.25) is 19.5 Å². The molecule has 1 saturated heterocycles. The van der Waals surface area contributed by atoms with Crippen molar-refractivity contribution in [1.82, 2.24) is 24.6 Å². The maximum absolute atomic E-state index is 12.9. The number of allylic oxidation sites excluding steroid dienone is 1. The number of anilines is 1. The van der Waals surface area contributed by atoms with Crippen molar-refractivity contribution >= 4 is 64.0 Å². The summed E-state index contributed by atoms with van der Waals surface area (Å²) in [5.41, 5.74) is 6.08. The Balaban J connectivity index is 1.52. The van der Waals surface area contributed by atoms with Crippen LogP contribution in [0.25, 0.3) is 6.08 Å². The zero-order valence-electron chi connectivity index (χ0n) is 18.1. The highest BCUT2D eigenvalue weighted by molar-refractivity contribution is 8.00. The number of carboxylic acids is 2. The van der Waals surface area contributed by atoms with E-state index in [2.05, 4.69) is 29.7 Å². The number of oxime groups is 1. The molecule has 2 aromatic heterocycles. The molecule has 0 aliphatic carbocycles. The summed E-state index contributed by atoms with van der Waals surface area (Å²) < 4.78 is 3.87. The number of amides is 2. The third kappa shape index (κ3) is 5.18. The third-order valence-electron chi connectivity index (χ3n) is 4.86. The Hall–Kier alpha value is -4.31. The number of nitrogens with zero attached hydrogens (tertiary/aromatic N) is 5. The number of hydrogen-bond donors (Lipinski definition) is 4. The molecule has 16 heteroatoms. The molecule has 4 rings (SSSR count). The summed E-state index contributed by atoms with van der Waals surface area (Å²) in [6, 6.07) is 2.47. The number of aliphatic carboxylic acids is 2. The number of carbonyl (C=O) groups is 4. The van der Waals surface area contributed by atoms with Gasteiger partial charge in [-0.1, -0.05) is 23.4 Å². The Morgan fingerprint density at radius 2 is 2.14 bits per heavy atom. The first-order valence-corrected chi connectivity index (χ1v) is 11.9. The molecule has 4 heterocycles. The summed E-state index contributed by atoms with van der Waals surface area (Å²) >= 11 is 2.05. The molecule has 0 saturated carbocycles. The highest BCUT2D eigenvalue weighted by Crippen LogP contribution is 2.40. The quantitative estimate of drug-likeness (QED) is 0.188. The summed E-state index contributed by atoms with van der Waals surface area (Å²) in [7, 11) is 0. The second-order valence-corrected chi connectivity index (χ2v) is 9.11. The topological polar surface area (TPSA) is 210 Å². The van der Waals surface area contributed by atoms with Gasteiger partial charge in [0.15, 0.2) is 5.13 Å². The first-order valence-electron chi connectivity index (χ1n) is 10.1. The van der Waals surface area contributed by atoms with Gasteiger partial charge in [-0.15, -0.1) is 11.8 Å². The molecule has 1 unspecified atom stereocenters. The standard InChI is InChI=1S/C20H17N7O7S2/c21-20-24-15(26-36-20)12(25-34-7-11(28)29)16(30)23-13-17(31)27-14(19(32)33)10(8-35-18(13)27)4-3-9-2-1-5-22-6-9/h1-6,13,18H,7-8H2,(H,23,30)(H,28,29)(H,32,33)(H2,21,24,26)/b4-3+,25-12+/t13?,18-/m1/s1. The average Bonchev–Trinajstić information content (AvgIpc) is 3.29. The molecule has 0 bridgehead atoms. The van der Waals surface area contributed by atoms with Crippen LogP contribution >= 0.6 is 23.3 Å². The lowest BCUT2D eigenvalue weighted by Crippen LogP contribution is -2.71. The number of fused-ring (bicyclic) bond motifs is 1. The van der Waals surface area contributed by atoms with Crippen molar-refractivity contribution in [2.24, 2.45) is 5.16 Å². The van der Waals surface area contributed by atoms with Crippen molar-refractivity contribution in [3.8, 4) is 0 Å². The normalized spacial score (nSPS) is 19.6. The Morgan fingerprint density at radius 3 is 2.78 bits per heavy atom. The van der Waals surface area contributed by atoms with Gasteiger partial charge in [0.05, 0.1) is 0 Å². The van der Waals surface area contributed by atoms with Crippen molar-refractivity contribution in [3.63, 3.8) is 0 Å². The van der Waals surface area contributed by atoms with Gasteiger partial charge in [0.25, 0.3) is 11.8 Å². The molecule has 5 N–H and O–H groups in total.